The molecule has 4 heterocycles. The van der Waals surface area contributed by atoms with E-state index in [1.807, 2.05) is 29.9 Å². The maximum absolute atomic E-state index is 14.5. The summed E-state index contributed by atoms with van der Waals surface area (Å²) in [7, 11) is 0. The third-order valence-electron chi connectivity index (χ3n) is 7.10. The summed E-state index contributed by atoms with van der Waals surface area (Å²) in [6.07, 6.45) is 8.03. The van der Waals surface area contributed by atoms with Gasteiger partial charge < -0.3 is 19.9 Å². The summed E-state index contributed by atoms with van der Waals surface area (Å²) in [6.45, 7) is 8.64. The molecular formula is C26H30FN7O. The van der Waals surface area contributed by atoms with Crippen LogP contribution in [0, 0.1) is 18.7 Å². The van der Waals surface area contributed by atoms with E-state index < -0.39 is 5.82 Å². The number of pyridine rings is 1. The van der Waals surface area contributed by atoms with Crippen molar-refractivity contribution in [3.63, 3.8) is 0 Å². The van der Waals surface area contributed by atoms with Crippen molar-refractivity contribution in [2.75, 3.05) is 23.3 Å². The molecule has 35 heavy (non-hydrogen) atoms. The molecule has 0 bridgehead atoms. The SMILES string of the molecule is CCn1cc2c(N3C[C@@H](C)N[C@@H](C4CC4)C3)ccc(C(=O)Nc3cc(F)c4nc(C)cn4c3)c2n1. The highest BCUT2D eigenvalue weighted by molar-refractivity contribution is 6.13. The number of aromatic nitrogens is 4. The number of amides is 1. The largest absolute Gasteiger partial charge is 0.368 e. The van der Waals surface area contributed by atoms with Crippen LogP contribution in [0.1, 0.15) is 42.7 Å². The first-order chi connectivity index (χ1) is 16.9. The van der Waals surface area contributed by atoms with Crippen LogP contribution in [-0.2, 0) is 6.54 Å². The van der Waals surface area contributed by atoms with Gasteiger partial charge in [0.15, 0.2) is 11.5 Å². The quantitative estimate of drug-likeness (QED) is 0.457. The number of hydrogen-bond donors (Lipinski definition) is 2. The topological polar surface area (TPSA) is 79.5 Å². The van der Waals surface area contributed by atoms with Crippen molar-refractivity contribution in [1.82, 2.24) is 24.5 Å². The van der Waals surface area contributed by atoms with Gasteiger partial charge in [-0.3, -0.25) is 9.48 Å². The van der Waals surface area contributed by atoms with Gasteiger partial charge in [0.05, 0.1) is 16.9 Å². The van der Waals surface area contributed by atoms with Gasteiger partial charge in [0.25, 0.3) is 5.91 Å². The summed E-state index contributed by atoms with van der Waals surface area (Å²) in [5.41, 5.74) is 3.56. The first-order valence-corrected chi connectivity index (χ1v) is 12.4. The van der Waals surface area contributed by atoms with Gasteiger partial charge >= 0.3 is 0 Å². The summed E-state index contributed by atoms with van der Waals surface area (Å²) < 4.78 is 18.0. The Balaban J connectivity index is 1.35. The molecule has 1 aromatic carbocycles. The van der Waals surface area contributed by atoms with Crippen molar-refractivity contribution in [3.8, 4) is 0 Å². The van der Waals surface area contributed by atoms with Crippen molar-refractivity contribution in [2.45, 2.75) is 52.2 Å². The molecule has 0 spiro atoms. The molecule has 182 valence electrons. The van der Waals surface area contributed by atoms with E-state index in [2.05, 4.69) is 27.4 Å². The minimum atomic E-state index is -0.482. The van der Waals surface area contributed by atoms with Crippen LogP contribution in [0.2, 0.25) is 0 Å². The number of rotatable bonds is 5. The van der Waals surface area contributed by atoms with Gasteiger partial charge in [0, 0.05) is 67.4 Å². The number of imidazole rings is 1. The molecule has 9 heteroatoms. The fourth-order valence-electron chi connectivity index (χ4n) is 5.30. The number of piperazine rings is 1. The second-order valence-corrected chi connectivity index (χ2v) is 9.94. The molecule has 3 aromatic heterocycles. The van der Waals surface area contributed by atoms with E-state index in [1.54, 1.807) is 23.7 Å². The zero-order chi connectivity index (χ0) is 24.3. The van der Waals surface area contributed by atoms with Gasteiger partial charge in [-0.2, -0.15) is 5.10 Å². The number of carbonyl (C=O) groups excluding carboxylic acids is 1. The average Bonchev–Trinajstić information content (AvgIpc) is 3.47. The number of aryl methyl sites for hydroxylation is 2. The van der Waals surface area contributed by atoms with Gasteiger partial charge in [-0.05, 0) is 51.7 Å². The molecule has 0 radical (unpaired) electrons. The van der Waals surface area contributed by atoms with E-state index in [0.717, 1.165) is 30.1 Å². The van der Waals surface area contributed by atoms with E-state index in [4.69, 9.17) is 5.10 Å². The number of hydrogen-bond acceptors (Lipinski definition) is 5. The van der Waals surface area contributed by atoms with Gasteiger partial charge in [-0.15, -0.1) is 0 Å². The average molecular weight is 476 g/mol. The maximum atomic E-state index is 14.5. The zero-order valence-corrected chi connectivity index (χ0v) is 20.3. The Labute approximate surface area is 203 Å². The number of benzene rings is 1. The summed E-state index contributed by atoms with van der Waals surface area (Å²) >= 11 is 0. The first-order valence-electron chi connectivity index (χ1n) is 12.4. The molecular weight excluding hydrogens is 445 g/mol. The third kappa shape index (κ3) is 4.03. The number of halogens is 1. The zero-order valence-electron chi connectivity index (χ0n) is 20.3. The van der Waals surface area contributed by atoms with Gasteiger partial charge in [0.1, 0.15) is 5.52 Å². The van der Waals surface area contributed by atoms with Crippen LogP contribution in [0.3, 0.4) is 0 Å². The van der Waals surface area contributed by atoms with Crippen molar-refractivity contribution < 1.29 is 9.18 Å². The molecule has 2 aliphatic rings. The summed E-state index contributed by atoms with van der Waals surface area (Å²) in [5.74, 6) is -0.0381. The Kier molecular flexibility index (Phi) is 5.25. The number of nitrogens with zero attached hydrogens (tertiary/aromatic N) is 5. The molecule has 8 nitrogen and oxygen atoms in total. The smallest absolute Gasteiger partial charge is 0.257 e. The summed E-state index contributed by atoms with van der Waals surface area (Å²) in [4.78, 5) is 19.9. The molecule has 1 aliphatic carbocycles. The van der Waals surface area contributed by atoms with E-state index in [0.29, 0.717) is 41.1 Å². The fourth-order valence-corrected chi connectivity index (χ4v) is 5.30. The second-order valence-electron chi connectivity index (χ2n) is 9.94. The molecule has 1 amide bonds. The van der Waals surface area contributed by atoms with E-state index >= 15 is 0 Å². The predicted octanol–water partition coefficient (Wildman–Crippen LogP) is 3.98. The van der Waals surface area contributed by atoms with Crippen molar-refractivity contribution >= 4 is 33.8 Å². The van der Waals surface area contributed by atoms with Crippen molar-refractivity contribution in [2.24, 2.45) is 5.92 Å². The minimum Gasteiger partial charge on any atom is -0.368 e. The van der Waals surface area contributed by atoms with Gasteiger partial charge in [-0.1, -0.05) is 0 Å². The van der Waals surface area contributed by atoms with Gasteiger partial charge in [-0.25, -0.2) is 9.37 Å². The van der Waals surface area contributed by atoms with Crippen LogP contribution in [0.15, 0.2) is 36.8 Å². The lowest BCUT2D eigenvalue weighted by molar-refractivity contribution is 0.102. The highest BCUT2D eigenvalue weighted by Gasteiger charge is 2.36. The Bertz CT molecular complexity index is 1440. The Morgan fingerprint density at radius 1 is 1.23 bits per heavy atom. The van der Waals surface area contributed by atoms with Crippen LogP contribution < -0.4 is 15.5 Å². The second kappa shape index (κ2) is 8.34. The Morgan fingerprint density at radius 2 is 2.06 bits per heavy atom. The Morgan fingerprint density at radius 3 is 2.83 bits per heavy atom. The van der Waals surface area contributed by atoms with Crippen molar-refractivity contribution in [1.29, 1.82) is 0 Å². The highest BCUT2D eigenvalue weighted by Crippen LogP contribution is 2.37. The molecule has 1 saturated carbocycles. The lowest BCUT2D eigenvalue weighted by Gasteiger charge is -2.39. The monoisotopic (exact) mass is 475 g/mol. The minimum absolute atomic E-state index is 0.240. The summed E-state index contributed by atoms with van der Waals surface area (Å²) in [6, 6.07) is 6.06. The van der Waals surface area contributed by atoms with Crippen LogP contribution in [0.5, 0.6) is 0 Å². The fraction of sp³-hybridized carbons (Fsp3) is 0.423. The molecule has 4 aromatic rings. The van der Waals surface area contributed by atoms with Crippen LogP contribution in [-0.4, -0.2) is 50.2 Å². The number of anilines is 2. The van der Waals surface area contributed by atoms with Gasteiger partial charge in [0.2, 0.25) is 0 Å². The van der Waals surface area contributed by atoms with E-state index in [9.17, 15) is 9.18 Å². The molecule has 1 saturated heterocycles. The lowest BCUT2D eigenvalue weighted by Crippen LogP contribution is -2.56. The van der Waals surface area contributed by atoms with Crippen LogP contribution >= 0.6 is 0 Å². The molecule has 0 unspecified atom stereocenters. The highest BCUT2D eigenvalue weighted by atomic mass is 19.1. The van der Waals surface area contributed by atoms with E-state index in [-0.39, 0.29) is 11.6 Å². The normalized spacial score (nSPS) is 20.6. The first kappa shape index (κ1) is 22.0. The van der Waals surface area contributed by atoms with Crippen LogP contribution in [0.25, 0.3) is 16.6 Å². The maximum Gasteiger partial charge on any atom is 0.257 e. The number of carbonyl (C=O) groups is 1. The standard InChI is InChI=1S/C26H30FN7O/c1-4-34-13-20-23(32-10-15(2)28-22(14-32)17-5-6-17)8-7-19(24(20)31-34)26(35)30-18-9-21(27)25-29-16(3)11-33(25)12-18/h7-9,11-13,15,17,22,28H,4-6,10,14H2,1-3H3,(H,30,35)/t15-,22-/m1/s1. The third-order valence-corrected chi connectivity index (χ3v) is 7.10. The molecule has 6 rings (SSSR count). The molecule has 1 aliphatic heterocycles. The summed E-state index contributed by atoms with van der Waals surface area (Å²) in [5, 5.41) is 12.3. The van der Waals surface area contributed by atoms with E-state index in [1.165, 1.54) is 18.9 Å². The lowest BCUT2D eigenvalue weighted by atomic mass is 10.0. The Hall–Kier alpha value is -3.46. The molecule has 2 atom stereocenters. The number of fused-ring (bicyclic) bond motifs is 2. The molecule has 2 fully saturated rings. The predicted molar refractivity (Wildman–Crippen MR) is 135 cm³/mol. The number of nitrogens with one attached hydrogen (secondary N) is 2. The van der Waals surface area contributed by atoms with Crippen molar-refractivity contribution in [3.05, 3.63) is 53.9 Å². The molecule has 2 N–H and O–H groups in total. The van der Waals surface area contributed by atoms with Crippen LogP contribution in [0.4, 0.5) is 15.8 Å².